The molecule has 92 heavy (non-hydrogen) atoms. The third-order valence-electron chi connectivity index (χ3n) is 17.0. The molecule has 0 aliphatic heterocycles. The molecule has 0 rings (SSSR count). The van der Waals surface area contributed by atoms with Crippen LogP contribution >= 0.6 is 15.6 Å². The van der Waals surface area contributed by atoms with Crippen molar-refractivity contribution in [3.63, 3.8) is 0 Å². The first-order valence-electron chi connectivity index (χ1n) is 38.0. The summed E-state index contributed by atoms with van der Waals surface area (Å²) in [6, 6.07) is 0. The van der Waals surface area contributed by atoms with E-state index in [9.17, 15) is 43.2 Å². The Hall–Kier alpha value is -1.94. The summed E-state index contributed by atoms with van der Waals surface area (Å²) in [4.78, 5) is 72.6. The highest BCUT2D eigenvalue weighted by molar-refractivity contribution is 7.47. The monoisotopic (exact) mass is 1350 g/mol. The molecule has 0 aromatic heterocycles. The Bertz CT molecular complexity index is 1790. The summed E-state index contributed by atoms with van der Waals surface area (Å²) in [6.07, 6.45) is 51.2. The van der Waals surface area contributed by atoms with Gasteiger partial charge in [0.1, 0.15) is 19.3 Å². The van der Waals surface area contributed by atoms with Crippen molar-refractivity contribution in [2.45, 2.75) is 394 Å². The maximum atomic E-state index is 13.1. The van der Waals surface area contributed by atoms with Gasteiger partial charge in [0.15, 0.2) is 12.2 Å². The van der Waals surface area contributed by atoms with E-state index >= 15 is 0 Å². The van der Waals surface area contributed by atoms with Crippen LogP contribution in [0.4, 0.5) is 0 Å². The number of hydrogen-bond acceptors (Lipinski definition) is 15. The normalized spacial score (nSPS) is 14.1. The van der Waals surface area contributed by atoms with Crippen molar-refractivity contribution in [2.24, 2.45) is 11.8 Å². The van der Waals surface area contributed by atoms with Crippen molar-refractivity contribution in [1.29, 1.82) is 0 Å². The van der Waals surface area contributed by atoms with Crippen LogP contribution in [0.3, 0.4) is 0 Å². The summed E-state index contributed by atoms with van der Waals surface area (Å²) in [5.41, 5.74) is 0. The minimum absolute atomic E-state index is 0.107. The SMILES string of the molecule is CCCCCCCCCCCCCCC(=O)O[C@H](COC(=O)CCCCCCCCCCC)COP(=O)(O)OC[C@H](O)COP(=O)(O)OC[C@@H](COC(=O)CCCCCCCCCCCCCCC(C)C)OC(=O)CCCCCCCCCCCCCCCC(C)C. The third-order valence-corrected chi connectivity index (χ3v) is 18.9. The van der Waals surface area contributed by atoms with Gasteiger partial charge < -0.3 is 33.8 Å². The Labute approximate surface area is 562 Å². The Kier molecular flexibility index (Phi) is 63.7. The number of unbranched alkanes of at least 4 members (excludes halogenated alkanes) is 42. The van der Waals surface area contributed by atoms with Crippen LogP contribution in [-0.2, 0) is 65.4 Å². The van der Waals surface area contributed by atoms with Crippen LogP contribution in [0, 0.1) is 11.8 Å². The first kappa shape index (κ1) is 90.1. The summed E-state index contributed by atoms with van der Waals surface area (Å²) in [7, 11) is -9.90. The number of hydrogen-bond donors (Lipinski definition) is 3. The molecule has 0 radical (unpaired) electrons. The molecule has 0 fully saturated rings. The number of aliphatic hydroxyl groups is 1. The van der Waals surface area contributed by atoms with Crippen LogP contribution in [-0.4, -0.2) is 96.7 Å². The van der Waals surface area contributed by atoms with E-state index in [1.165, 1.54) is 193 Å². The summed E-state index contributed by atoms with van der Waals surface area (Å²) < 4.78 is 68.4. The summed E-state index contributed by atoms with van der Waals surface area (Å²) in [5, 5.41) is 10.6. The smallest absolute Gasteiger partial charge is 0.462 e. The fraction of sp³-hybridized carbons (Fsp3) is 0.945. The van der Waals surface area contributed by atoms with Crippen molar-refractivity contribution in [2.75, 3.05) is 39.6 Å². The van der Waals surface area contributed by atoms with E-state index in [0.29, 0.717) is 25.7 Å². The second-order valence-corrected chi connectivity index (χ2v) is 30.2. The third kappa shape index (κ3) is 66.7. The van der Waals surface area contributed by atoms with Crippen molar-refractivity contribution < 1.29 is 80.2 Å². The summed E-state index contributed by atoms with van der Waals surface area (Å²) in [6.45, 7) is 9.59. The fourth-order valence-electron chi connectivity index (χ4n) is 11.1. The molecule has 546 valence electrons. The number of phosphoric acid groups is 2. The molecule has 0 saturated heterocycles. The van der Waals surface area contributed by atoms with Gasteiger partial charge in [-0.1, -0.05) is 324 Å². The largest absolute Gasteiger partial charge is 0.472 e. The van der Waals surface area contributed by atoms with Gasteiger partial charge in [0.25, 0.3) is 0 Å². The van der Waals surface area contributed by atoms with E-state index in [1.54, 1.807) is 0 Å². The van der Waals surface area contributed by atoms with E-state index in [1.807, 2.05) is 0 Å². The zero-order valence-corrected chi connectivity index (χ0v) is 61.6. The van der Waals surface area contributed by atoms with E-state index in [-0.39, 0.29) is 25.7 Å². The van der Waals surface area contributed by atoms with Crippen molar-refractivity contribution in [1.82, 2.24) is 0 Å². The molecule has 0 aromatic rings. The number of esters is 4. The Morgan fingerprint density at radius 2 is 0.500 bits per heavy atom. The molecule has 0 spiro atoms. The number of carbonyl (C=O) groups is 4. The van der Waals surface area contributed by atoms with Crippen LogP contribution in [0.5, 0.6) is 0 Å². The van der Waals surface area contributed by atoms with Crippen LogP contribution in [0.2, 0.25) is 0 Å². The van der Waals surface area contributed by atoms with Gasteiger partial charge in [0.05, 0.1) is 26.4 Å². The van der Waals surface area contributed by atoms with E-state index in [0.717, 1.165) is 102 Å². The molecule has 0 amide bonds. The lowest BCUT2D eigenvalue weighted by atomic mass is 10.0. The molecule has 0 aliphatic rings. The standard InChI is InChI=1S/C73H142O17P2/c1-7-9-11-13-15-17-18-26-33-39-45-51-57-72(77)89-68(61-83-70(75)55-49-43-37-29-16-14-12-10-8-2)63-87-91(79,80)85-59-67(74)60-86-92(81,82)88-64-69(62-84-71(76)56-50-44-38-32-27-23-22-25-31-36-42-48-54-66(5)6)90-73(78)58-52-46-40-34-28-21-19-20-24-30-35-41-47-53-65(3)4/h65-69,74H,7-64H2,1-6H3,(H,79,80)(H,81,82)/t67-,68+,69+/m0/s1. The quantitative estimate of drug-likeness (QED) is 0.0222. The zero-order valence-electron chi connectivity index (χ0n) is 59.9. The molecule has 3 N–H and O–H groups in total. The predicted octanol–water partition coefficient (Wildman–Crippen LogP) is 21.2. The highest BCUT2D eigenvalue weighted by atomic mass is 31.2. The van der Waals surface area contributed by atoms with Gasteiger partial charge >= 0.3 is 39.5 Å². The van der Waals surface area contributed by atoms with Gasteiger partial charge in [-0.25, -0.2) is 9.13 Å². The Morgan fingerprint density at radius 1 is 0.293 bits per heavy atom. The topological polar surface area (TPSA) is 237 Å². The number of carbonyl (C=O) groups excluding carboxylic acids is 4. The predicted molar refractivity (Wildman–Crippen MR) is 372 cm³/mol. The molecule has 5 atom stereocenters. The summed E-state index contributed by atoms with van der Waals surface area (Å²) in [5.74, 6) is -0.551. The first-order valence-corrected chi connectivity index (χ1v) is 41.0. The van der Waals surface area contributed by atoms with Gasteiger partial charge in [-0.3, -0.25) is 37.3 Å². The van der Waals surface area contributed by atoms with Gasteiger partial charge in [-0.05, 0) is 37.5 Å². The fourth-order valence-corrected chi connectivity index (χ4v) is 12.7. The molecular weight excluding hydrogens is 1210 g/mol. The second kappa shape index (κ2) is 65.0. The molecule has 0 bridgehead atoms. The zero-order chi connectivity index (χ0) is 67.9. The lowest BCUT2D eigenvalue weighted by Gasteiger charge is -2.21. The van der Waals surface area contributed by atoms with Crippen LogP contribution in [0.15, 0.2) is 0 Å². The second-order valence-electron chi connectivity index (χ2n) is 27.3. The van der Waals surface area contributed by atoms with Crippen LogP contribution in [0.1, 0.15) is 375 Å². The maximum absolute atomic E-state index is 13.1. The van der Waals surface area contributed by atoms with E-state index in [2.05, 4.69) is 41.5 Å². The van der Waals surface area contributed by atoms with Gasteiger partial charge in [-0.2, -0.15) is 0 Å². The molecule has 0 saturated carbocycles. The van der Waals surface area contributed by atoms with Crippen molar-refractivity contribution >= 4 is 39.5 Å². The highest BCUT2D eigenvalue weighted by Gasteiger charge is 2.30. The number of phosphoric ester groups is 2. The van der Waals surface area contributed by atoms with Gasteiger partial charge in [0, 0.05) is 25.7 Å². The van der Waals surface area contributed by atoms with Crippen molar-refractivity contribution in [3.05, 3.63) is 0 Å². The van der Waals surface area contributed by atoms with Crippen LogP contribution in [0.25, 0.3) is 0 Å². The molecule has 17 nitrogen and oxygen atoms in total. The molecular formula is C73H142O17P2. The van der Waals surface area contributed by atoms with E-state index < -0.39 is 97.5 Å². The number of aliphatic hydroxyl groups excluding tert-OH is 1. The van der Waals surface area contributed by atoms with Gasteiger partial charge in [0.2, 0.25) is 0 Å². The van der Waals surface area contributed by atoms with E-state index in [4.69, 9.17) is 37.0 Å². The van der Waals surface area contributed by atoms with Crippen LogP contribution < -0.4 is 0 Å². The lowest BCUT2D eigenvalue weighted by molar-refractivity contribution is -0.161. The average molecular weight is 1350 g/mol. The number of ether oxygens (including phenoxy) is 4. The molecule has 2 unspecified atom stereocenters. The average Bonchev–Trinajstić information content (AvgIpc) is 3.69. The van der Waals surface area contributed by atoms with Gasteiger partial charge in [-0.15, -0.1) is 0 Å². The maximum Gasteiger partial charge on any atom is 0.472 e. The molecule has 0 aliphatic carbocycles. The first-order chi connectivity index (χ1) is 44.4. The minimum Gasteiger partial charge on any atom is -0.462 e. The lowest BCUT2D eigenvalue weighted by Crippen LogP contribution is -2.30. The van der Waals surface area contributed by atoms with Crippen molar-refractivity contribution in [3.8, 4) is 0 Å². The molecule has 0 heterocycles. The molecule has 19 heteroatoms. The molecule has 0 aromatic carbocycles. The summed E-state index contributed by atoms with van der Waals surface area (Å²) >= 11 is 0. The Morgan fingerprint density at radius 3 is 0.739 bits per heavy atom. The highest BCUT2D eigenvalue weighted by Crippen LogP contribution is 2.45. The minimum atomic E-state index is -4.95. The Balaban J connectivity index is 5.24. The number of rotatable bonds is 72.